The number of thiol groups is 1. The lowest BCUT2D eigenvalue weighted by Gasteiger charge is -2.15. The molecule has 0 aliphatic carbocycles. The Balaban J connectivity index is 2.09. The average Bonchev–Trinajstić information content (AvgIpc) is 2.61. The minimum atomic E-state index is -2.78. The first-order chi connectivity index (χ1) is 11.5. The lowest BCUT2D eigenvalue weighted by atomic mass is 10.2. The van der Waals surface area contributed by atoms with Gasteiger partial charge in [0.15, 0.2) is 0 Å². The van der Waals surface area contributed by atoms with Crippen LogP contribution in [0.15, 0.2) is 42.6 Å². The lowest BCUT2D eigenvalue weighted by Crippen LogP contribution is -2.21. The highest BCUT2D eigenvalue weighted by molar-refractivity contribution is 7.69. The fraction of sp³-hybridized carbons (Fsp3) is 0.250. The minimum Gasteiger partial charge on any atom is -0.497 e. The lowest BCUT2D eigenvalue weighted by molar-refractivity contribution is 0.0600. The molecular weight excluding hydrogens is 332 g/mol. The molecule has 24 heavy (non-hydrogen) atoms. The van der Waals surface area contributed by atoms with Gasteiger partial charge in [-0.15, -0.1) is 0 Å². The maximum absolute atomic E-state index is 11.5. The van der Waals surface area contributed by atoms with Gasteiger partial charge in [0.25, 0.3) is 0 Å². The number of carbonyl (C=O) groups is 1. The van der Waals surface area contributed by atoms with Crippen molar-refractivity contribution in [3.8, 4) is 5.75 Å². The maximum atomic E-state index is 11.5. The number of ether oxygens (including phenoxy) is 2. The number of esters is 1. The van der Waals surface area contributed by atoms with Crippen molar-refractivity contribution in [3.05, 3.63) is 59.4 Å². The van der Waals surface area contributed by atoms with E-state index in [0.29, 0.717) is 17.0 Å². The minimum absolute atomic E-state index is 0.117. The molecule has 0 saturated heterocycles. The summed E-state index contributed by atoms with van der Waals surface area (Å²) in [5.74, 6) is 0.218. The molecule has 0 atom stereocenters. The fourth-order valence-corrected chi connectivity index (χ4v) is 2.60. The number of benzene rings is 1. The SMILES string of the molecule is COC(=O)c1ccc(CN(Cc2ccc(OC)cc2)[SH](=O)=O)nc1. The van der Waals surface area contributed by atoms with Gasteiger partial charge in [-0.2, -0.15) is 4.31 Å². The summed E-state index contributed by atoms with van der Waals surface area (Å²) in [5.41, 5.74) is 1.69. The Bertz CT molecular complexity index is 749. The summed E-state index contributed by atoms with van der Waals surface area (Å²) in [6.45, 7) is 0.343. The first kappa shape index (κ1) is 17.9. The van der Waals surface area contributed by atoms with Crippen LogP contribution in [0.1, 0.15) is 21.6 Å². The van der Waals surface area contributed by atoms with Gasteiger partial charge in [0, 0.05) is 12.7 Å². The van der Waals surface area contributed by atoms with Crippen LogP contribution in [-0.2, 0) is 28.7 Å². The number of hydrogen-bond acceptors (Lipinski definition) is 6. The van der Waals surface area contributed by atoms with Gasteiger partial charge in [0.05, 0.1) is 32.0 Å². The van der Waals surface area contributed by atoms with Crippen LogP contribution >= 0.6 is 0 Å². The van der Waals surface area contributed by atoms with Crippen LogP contribution in [-0.4, -0.2) is 37.9 Å². The van der Waals surface area contributed by atoms with Gasteiger partial charge in [0.2, 0.25) is 10.9 Å². The van der Waals surface area contributed by atoms with Gasteiger partial charge in [-0.1, -0.05) is 12.1 Å². The van der Waals surface area contributed by atoms with Crippen molar-refractivity contribution >= 4 is 16.9 Å². The number of carbonyl (C=O) groups excluding carboxylic acids is 1. The summed E-state index contributed by atoms with van der Waals surface area (Å²) in [6.07, 6.45) is 1.37. The average molecular weight is 350 g/mol. The van der Waals surface area contributed by atoms with E-state index in [2.05, 4.69) is 9.72 Å². The second-order valence-corrected chi connectivity index (χ2v) is 5.98. The van der Waals surface area contributed by atoms with Crippen LogP contribution in [0, 0.1) is 0 Å². The molecule has 0 bridgehead atoms. The molecule has 1 aromatic heterocycles. The molecule has 0 aliphatic heterocycles. The zero-order chi connectivity index (χ0) is 17.5. The van der Waals surface area contributed by atoms with E-state index in [9.17, 15) is 13.2 Å². The second kappa shape index (κ2) is 8.42. The van der Waals surface area contributed by atoms with Crippen LogP contribution in [0.2, 0.25) is 0 Å². The molecule has 0 N–H and O–H groups in total. The smallest absolute Gasteiger partial charge is 0.339 e. The van der Waals surface area contributed by atoms with Gasteiger partial charge in [-0.25, -0.2) is 13.2 Å². The molecule has 8 heteroatoms. The van der Waals surface area contributed by atoms with Gasteiger partial charge < -0.3 is 9.47 Å². The van der Waals surface area contributed by atoms with E-state index in [1.165, 1.54) is 17.6 Å². The van der Waals surface area contributed by atoms with Gasteiger partial charge in [-0.3, -0.25) is 4.98 Å². The Morgan fingerprint density at radius 2 is 1.79 bits per heavy atom. The molecule has 2 rings (SSSR count). The number of nitrogens with zero attached hydrogens (tertiary/aromatic N) is 2. The molecule has 0 amide bonds. The van der Waals surface area contributed by atoms with Crippen LogP contribution in [0.25, 0.3) is 0 Å². The zero-order valence-electron chi connectivity index (χ0n) is 13.3. The number of pyridine rings is 1. The highest BCUT2D eigenvalue weighted by Crippen LogP contribution is 2.14. The molecule has 1 heterocycles. The van der Waals surface area contributed by atoms with Crippen molar-refractivity contribution < 1.29 is 22.7 Å². The number of hydrogen-bond donors (Lipinski definition) is 1. The van der Waals surface area contributed by atoms with E-state index >= 15 is 0 Å². The summed E-state index contributed by atoms with van der Waals surface area (Å²) in [6, 6.07) is 10.3. The van der Waals surface area contributed by atoms with Gasteiger partial charge in [-0.05, 0) is 29.8 Å². The van der Waals surface area contributed by atoms with Gasteiger partial charge in [0.1, 0.15) is 5.75 Å². The van der Waals surface area contributed by atoms with Crippen molar-refractivity contribution in [2.24, 2.45) is 0 Å². The quantitative estimate of drug-likeness (QED) is 0.600. The Kier molecular flexibility index (Phi) is 6.28. The van der Waals surface area contributed by atoms with Crippen LogP contribution in [0.5, 0.6) is 5.75 Å². The monoisotopic (exact) mass is 350 g/mol. The molecule has 0 saturated carbocycles. The molecule has 0 aliphatic rings. The fourth-order valence-electron chi connectivity index (χ4n) is 2.06. The van der Waals surface area contributed by atoms with Gasteiger partial charge >= 0.3 is 5.97 Å². The third-order valence-electron chi connectivity index (χ3n) is 3.35. The summed E-state index contributed by atoms with van der Waals surface area (Å²) in [7, 11) is 0.0803. The summed E-state index contributed by atoms with van der Waals surface area (Å²) < 4.78 is 33.9. The normalized spacial score (nSPS) is 10.8. The molecular formula is C16H18N2O5S. The summed E-state index contributed by atoms with van der Waals surface area (Å²) in [4.78, 5) is 15.5. The van der Waals surface area contributed by atoms with E-state index in [1.807, 2.05) is 0 Å². The highest BCUT2D eigenvalue weighted by atomic mass is 32.2. The Morgan fingerprint density at radius 1 is 1.08 bits per heavy atom. The molecule has 0 spiro atoms. The summed E-state index contributed by atoms with van der Waals surface area (Å²) >= 11 is 0. The molecule has 7 nitrogen and oxygen atoms in total. The molecule has 0 unspecified atom stereocenters. The van der Waals surface area contributed by atoms with Crippen molar-refractivity contribution in [1.82, 2.24) is 9.29 Å². The predicted octanol–water partition coefficient (Wildman–Crippen LogP) is 1.41. The molecule has 0 radical (unpaired) electrons. The van der Waals surface area contributed by atoms with E-state index < -0.39 is 16.9 Å². The summed E-state index contributed by atoms with van der Waals surface area (Å²) in [5, 5.41) is 0. The van der Waals surface area contributed by atoms with Crippen molar-refractivity contribution in [3.63, 3.8) is 0 Å². The third-order valence-corrected chi connectivity index (χ3v) is 4.09. The number of methoxy groups -OCH3 is 2. The first-order valence-corrected chi connectivity index (χ1v) is 8.22. The van der Waals surface area contributed by atoms with Crippen LogP contribution in [0.4, 0.5) is 0 Å². The predicted molar refractivity (Wildman–Crippen MR) is 88.1 cm³/mol. The van der Waals surface area contributed by atoms with Crippen molar-refractivity contribution in [2.45, 2.75) is 13.1 Å². The van der Waals surface area contributed by atoms with Crippen LogP contribution < -0.4 is 4.74 Å². The molecule has 1 aromatic carbocycles. The van der Waals surface area contributed by atoms with E-state index in [0.717, 1.165) is 5.56 Å². The van der Waals surface area contributed by atoms with Crippen LogP contribution in [0.3, 0.4) is 0 Å². The number of aromatic nitrogens is 1. The molecule has 2 aromatic rings. The van der Waals surface area contributed by atoms with Crippen molar-refractivity contribution in [1.29, 1.82) is 0 Å². The Labute approximate surface area is 141 Å². The zero-order valence-corrected chi connectivity index (χ0v) is 14.2. The molecule has 128 valence electrons. The third kappa shape index (κ3) is 4.77. The topological polar surface area (TPSA) is 85.8 Å². The standard InChI is InChI=1S/C16H18N2O5S/c1-22-15-7-3-12(4-8-15)10-18(24(20)21)11-14-6-5-13(9-17-14)16(19)23-2/h3-9,24H,10-11H2,1-2H3. The largest absolute Gasteiger partial charge is 0.497 e. The van der Waals surface area contributed by atoms with Crippen molar-refractivity contribution in [2.75, 3.05) is 14.2 Å². The second-order valence-electron chi connectivity index (χ2n) is 4.94. The highest BCUT2D eigenvalue weighted by Gasteiger charge is 2.12. The Morgan fingerprint density at radius 3 is 2.29 bits per heavy atom. The van der Waals surface area contributed by atoms with E-state index in [4.69, 9.17) is 4.74 Å². The van der Waals surface area contributed by atoms with E-state index in [1.54, 1.807) is 43.5 Å². The Hall–Kier alpha value is -2.45. The van der Waals surface area contributed by atoms with E-state index in [-0.39, 0.29) is 13.1 Å². The first-order valence-electron chi connectivity index (χ1n) is 7.09. The number of rotatable bonds is 7. The maximum Gasteiger partial charge on any atom is 0.339 e. The molecule has 0 fully saturated rings.